The van der Waals surface area contributed by atoms with E-state index < -0.39 is 181 Å². The first-order valence-corrected chi connectivity index (χ1v) is 30.0. The van der Waals surface area contributed by atoms with Crippen molar-refractivity contribution in [3.8, 4) is 0 Å². The summed E-state index contributed by atoms with van der Waals surface area (Å²) in [5, 5.41) is 50.7. The quantitative estimate of drug-likeness (QED) is 0.0529. The zero-order valence-electron chi connectivity index (χ0n) is 49.2. The van der Waals surface area contributed by atoms with Crippen LogP contribution in [0.15, 0.2) is 33.8 Å². The average Bonchev–Trinajstić information content (AvgIpc) is 1.80. The summed E-state index contributed by atoms with van der Waals surface area (Å²) in [7, 11) is 0. The van der Waals surface area contributed by atoms with Crippen molar-refractivity contribution < 1.29 is 87.2 Å². The molecule has 2 unspecified atom stereocenters. The molecule has 0 aliphatic carbocycles. The second kappa shape index (κ2) is 32.8. The topological polar surface area (TPSA) is 424 Å². The highest BCUT2D eigenvalue weighted by Gasteiger charge is 2.44. The van der Waals surface area contributed by atoms with Gasteiger partial charge in [0.1, 0.15) is 35.0 Å². The lowest BCUT2D eigenvalue weighted by Gasteiger charge is -2.31. The summed E-state index contributed by atoms with van der Waals surface area (Å²) in [5.74, 6) is -15.8. The number of benzene rings is 1. The summed E-state index contributed by atoms with van der Waals surface area (Å²) in [5.41, 5.74) is 0.826. The zero-order chi connectivity index (χ0) is 64.4. The molecule has 3 aliphatic heterocycles. The molecule has 5 rings (SSSR count). The number of aliphatic hydroxyl groups excluding tert-OH is 1. The molecule has 1 aromatic carbocycles. The maximum atomic E-state index is 14.7. The number of amides is 9. The van der Waals surface area contributed by atoms with Gasteiger partial charge >= 0.3 is 11.9 Å². The van der Waals surface area contributed by atoms with Gasteiger partial charge in [0.2, 0.25) is 47.3 Å². The number of hydrogen-bond donors (Lipinski definition) is 12. The lowest BCUT2D eigenvalue weighted by atomic mass is 9.93. The fraction of sp³-hybridized carbons (Fsp3) is 0.579. The van der Waals surface area contributed by atoms with E-state index in [2.05, 4.69) is 47.5 Å². The maximum Gasteiger partial charge on any atom is 0.332 e. The number of thioether (sulfide) groups is 1. The van der Waals surface area contributed by atoms with Gasteiger partial charge in [0, 0.05) is 74.2 Å². The monoisotopic (exact) mass is 1260 g/mol. The van der Waals surface area contributed by atoms with E-state index >= 15 is 0 Å². The second-order valence-electron chi connectivity index (χ2n) is 22.0. The van der Waals surface area contributed by atoms with Crippen LogP contribution in [0, 0.1) is 23.7 Å². The minimum atomic E-state index is -1.62. The number of H-pyrrole nitrogens is 1. The number of aromatic nitrogens is 1. The van der Waals surface area contributed by atoms with Crippen LogP contribution in [0.1, 0.15) is 97.6 Å². The van der Waals surface area contributed by atoms with Crippen molar-refractivity contribution in [2.45, 2.75) is 141 Å². The highest BCUT2D eigenvalue weighted by atomic mass is 35.5. The largest absolute Gasteiger partial charge is 0.481 e. The summed E-state index contributed by atoms with van der Waals surface area (Å²) in [6, 6.07) is -2.25. The molecule has 0 saturated carbocycles. The van der Waals surface area contributed by atoms with Crippen molar-refractivity contribution in [2.75, 3.05) is 51.7 Å². The van der Waals surface area contributed by atoms with Crippen LogP contribution in [0.25, 0.3) is 10.9 Å². The number of ketones is 3. The Morgan fingerprint density at radius 3 is 2.10 bits per heavy atom. The van der Waals surface area contributed by atoms with Gasteiger partial charge in [-0.3, -0.25) is 62.3 Å². The predicted molar refractivity (Wildman–Crippen MR) is 312 cm³/mol. The molecule has 30 heteroatoms. The van der Waals surface area contributed by atoms with E-state index in [4.69, 9.17) is 21.4 Å². The van der Waals surface area contributed by atoms with Gasteiger partial charge in [-0.25, -0.2) is 4.79 Å². The van der Waals surface area contributed by atoms with Gasteiger partial charge in [-0.2, -0.15) is 0 Å². The number of carboxylic acids is 2. The minimum Gasteiger partial charge on any atom is -0.481 e. The van der Waals surface area contributed by atoms with Gasteiger partial charge in [0.25, 0.3) is 5.91 Å². The molecule has 0 spiro atoms. The van der Waals surface area contributed by atoms with Crippen LogP contribution >= 0.6 is 23.4 Å². The highest BCUT2D eigenvalue weighted by Crippen LogP contribution is 2.34. The van der Waals surface area contributed by atoms with Gasteiger partial charge < -0.3 is 72.5 Å². The first-order chi connectivity index (χ1) is 41.1. The standard InChI is InChI=1S/C57H77ClN10O18S/c1-7-27(3)47-53(81)62-23-43(73)63-40-26-87-55-37(36-17-31(9-10-38(36)65-55)16-34(70)22-60-49(77)29(5)15-33(69)11-13-86-14-12-59-52(80)46(58)30(6)57(84)85)21-39(50(78)61-24-44(74)66-47)64-54(82)48(28(4)8-2)67-51(79)41-20-35(71)25-68(41)56(83)32(18-42(40)72)19-45(75)76/h9-10,17,27-29,32,35,39-41,47-48,65,71H,7-8,11-16,18-26H2,1-6H3,(H,59,80)(H,60,77)(H,61,78)(H,62,81)(H,63,73)(H,64,82)(H,66,74)(H,67,79)(H,75,76)(H,84,85)/b46-30+/t27-,28?,29?,32-,35+,39+,40-,41-,47-,48-/m0/s1. The Labute approximate surface area is 510 Å². The van der Waals surface area contributed by atoms with Gasteiger partial charge in [0.05, 0.1) is 67.9 Å². The number of ether oxygens (including phenoxy) is 1. The number of fused-ring (bicyclic) bond motifs is 5. The van der Waals surface area contributed by atoms with Crippen LogP contribution in [0.5, 0.6) is 0 Å². The smallest absolute Gasteiger partial charge is 0.332 e. The molecular formula is C57H77ClN10O18S. The lowest BCUT2D eigenvalue weighted by Crippen LogP contribution is -2.59. The number of aliphatic carboxylic acids is 2. The number of rotatable bonds is 21. The molecule has 1 saturated heterocycles. The fourth-order valence-electron chi connectivity index (χ4n) is 9.89. The molecule has 9 amide bonds. The van der Waals surface area contributed by atoms with Crippen LogP contribution in [0.4, 0.5) is 0 Å². The third-order valence-corrected chi connectivity index (χ3v) is 17.0. The van der Waals surface area contributed by atoms with Crippen molar-refractivity contribution in [2.24, 2.45) is 23.7 Å². The first-order valence-electron chi connectivity index (χ1n) is 28.6. The number of carbonyl (C=O) groups excluding carboxylic acids is 12. The molecule has 2 aromatic rings. The number of Topliss-reactive ketones (excluding diaryl/α,β-unsaturated/α-hetero) is 3. The zero-order valence-corrected chi connectivity index (χ0v) is 50.8. The molecule has 28 nitrogen and oxygen atoms in total. The van der Waals surface area contributed by atoms with E-state index in [0.29, 0.717) is 34.9 Å². The molecule has 12 N–H and O–H groups in total. The van der Waals surface area contributed by atoms with Crippen LogP contribution in [-0.2, 0) is 84.7 Å². The van der Waals surface area contributed by atoms with Crippen LogP contribution in [0.3, 0.4) is 0 Å². The van der Waals surface area contributed by atoms with Crippen molar-refractivity contribution >= 4 is 117 Å². The van der Waals surface area contributed by atoms with E-state index in [1.807, 2.05) is 0 Å². The predicted octanol–water partition coefficient (Wildman–Crippen LogP) is -0.951. The van der Waals surface area contributed by atoms with Gasteiger partial charge in [-0.05, 0) is 42.0 Å². The van der Waals surface area contributed by atoms with Gasteiger partial charge in [-0.1, -0.05) is 65.1 Å². The number of aliphatic hydroxyl groups is 1. The molecule has 476 valence electrons. The van der Waals surface area contributed by atoms with Crippen LogP contribution < -0.4 is 42.5 Å². The Kier molecular flexibility index (Phi) is 26.4. The van der Waals surface area contributed by atoms with Crippen LogP contribution in [-0.4, -0.2) is 196 Å². The summed E-state index contributed by atoms with van der Waals surface area (Å²) >= 11 is 6.73. The Morgan fingerprint density at radius 1 is 0.793 bits per heavy atom. The Hall–Kier alpha value is -7.76. The van der Waals surface area contributed by atoms with E-state index in [1.54, 1.807) is 45.9 Å². The van der Waals surface area contributed by atoms with Crippen molar-refractivity contribution in [1.29, 1.82) is 0 Å². The SMILES string of the molecule is CCC(C)[C@@H]1NC(=O)[C@@H]2C[C@@H](O)CN2C(=O)[C@H](CC(=O)O)CC(=O)[C@@H]2CSc3[nH]c4ccc(CC(=O)CNC(=O)C(C)CC(=O)CCOCCNC(=O)/C(Cl)=C(/C)C(=O)O)cc4c3C[C@@H](NC1=O)C(=O)NCC(=O)N[C@@H]([C@@H](C)CC)C(=O)NCC(=O)N2. The van der Waals surface area contributed by atoms with Gasteiger partial charge in [0.15, 0.2) is 11.6 Å². The summed E-state index contributed by atoms with van der Waals surface area (Å²) in [4.78, 5) is 193. The molecule has 10 atom stereocenters. The number of carbonyl (C=O) groups is 14. The summed E-state index contributed by atoms with van der Waals surface area (Å²) in [6.45, 7) is 7.14. The van der Waals surface area contributed by atoms with E-state index in [-0.39, 0.29) is 74.0 Å². The minimum absolute atomic E-state index is 0.0200. The highest BCUT2D eigenvalue weighted by molar-refractivity contribution is 7.99. The first kappa shape index (κ1) is 70.0. The number of hydrogen-bond acceptors (Lipinski definition) is 17. The van der Waals surface area contributed by atoms with Crippen molar-refractivity contribution in [3.05, 3.63) is 39.9 Å². The molecular weight excluding hydrogens is 1180 g/mol. The van der Waals surface area contributed by atoms with E-state index in [1.165, 1.54) is 13.8 Å². The van der Waals surface area contributed by atoms with Crippen molar-refractivity contribution in [1.82, 2.24) is 52.4 Å². The number of nitrogens with one attached hydrogen (secondary N) is 9. The normalized spacial score (nSPS) is 23.4. The molecule has 2 bridgehead atoms. The third-order valence-electron chi connectivity index (χ3n) is 15.4. The Balaban J connectivity index is 1.47. The van der Waals surface area contributed by atoms with E-state index in [9.17, 15) is 77.3 Å². The maximum absolute atomic E-state index is 14.7. The molecule has 1 fully saturated rings. The molecule has 1 aromatic heterocycles. The summed E-state index contributed by atoms with van der Waals surface area (Å²) < 4.78 is 5.37. The number of halogens is 1. The average molecular weight is 1260 g/mol. The molecule has 87 heavy (non-hydrogen) atoms. The van der Waals surface area contributed by atoms with Crippen LogP contribution in [0.2, 0.25) is 0 Å². The summed E-state index contributed by atoms with van der Waals surface area (Å²) in [6.07, 6.45) is -3.45. The second-order valence-corrected chi connectivity index (χ2v) is 23.5. The van der Waals surface area contributed by atoms with Gasteiger partial charge in [-0.15, -0.1) is 11.8 Å². The molecule has 3 aliphatic rings. The number of carboxylic acid groups (broad SMARTS) is 2. The fourth-order valence-corrected chi connectivity index (χ4v) is 11.2. The van der Waals surface area contributed by atoms with Crippen molar-refractivity contribution in [3.63, 3.8) is 0 Å². The van der Waals surface area contributed by atoms with E-state index in [0.717, 1.165) is 16.7 Å². The number of nitrogens with zero attached hydrogens (tertiary/aromatic N) is 1. The Morgan fingerprint density at radius 2 is 1.45 bits per heavy atom. The number of aromatic amines is 1. The third kappa shape index (κ3) is 20.1. The lowest BCUT2D eigenvalue weighted by molar-refractivity contribution is -0.148. The molecule has 4 heterocycles. The molecule has 0 radical (unpaired) electrons. The Bertz CT molecular complexity index is 3020.